The SMILES string of the molecule is O=S(=O)(Nc1ccc(Oc2ccc(Cl)cc2Cl)cc1)c1ccc(I)cc1. The second-order valence-corrected chi connectivity index (χ2v) is 9.03. The standard InChI is InChI=1S/C18H12Cl2INO3S/c19-12-1-10-18(17(20)11-12)25-15-6-4-14(5-7-15)22-26(23,24)16-8-2-13(21)3-9-16/h1-11,22H. The zero-order valence-corrected chi connectivity index (χ0v) is 17.6. The normalized spacial score (nSPS) is 11.2. The number of anilines is 1. The summed E-state index contributed by atoms with van der Waals surface area (Å²) in [7, 11) is -3.64. The van der Waals surface area contributed by atoms with Crippen LogP contribution in [0.15, 0.2) is 71.6 Å². The number of benzene rings is 3. The lowest BCUT2D eigenvalue weighted by atomic mass is 10.3. The molecule has 0 bridgehead atoms. The molecule has 134 valence electrons. The van der Waals surface area contributed by atoms with Crippen molar-refractivity contribution in [1.82, 2.24) is 0 Å². The Morgan fingerprint density at radius 3 is 2.15 bits per heavy atom. The first-order valence-electron chi connectivity index (χ1n) is 7.35. The minimum absolute atomic E-state index is 0.200. The maximum atomic E-state index is 12.4. The number of hydrogen-bond donors (Lipinski definition) is 1. The van der Waals surface area contributed by atoms with Crippen LogP contribution in [0.25, 0.3) is 0 Å². The molecule has 0 atom stereocenters. The molecule has 0 fully saturated rings. The lowest BCUT2D eigenvalue weighted by Gasteiger charge is -2.10. The molecule has 0 spiro atoms. The first-order valence-corrected chi connectivity index (χ1v) is 10.7. The number of nitrogens with one attached hydrogen (secondary N) is 1. The Kier molecular flexibility index (Phi) is 5.96. The van der Waals surface area contributed by atoms with Gasteiger partial charge in [0.1, 0.15) is 11.5 Å². The number of halogens is 3. The van der Waals surface area contributed by atoms with E-state index >= 15 is 0 Å². The van der Waals surface area contributed by atoms with Crippen LogP contribution in [0.5, 0.6) is 11.5 Å². The van der Waals surface area contributed by atoms with E-state index in [-0.39, 0.29) is 4.90 Å². The van der Waals surface area contributed by atoms with E-state index in [2.05, 4.69) is 27.3 Å². The monoisotopic (exact) mass is 519 g/mol. The molecule has 8 heteroatoms. The molecule has 0 saturated carbocycles. The van der Waals surface area contributed by atoms with Crippen LogP contribution in [0.4, 0.5) is 5.69 Å². The molecule has 26 heavy (non-hydrogen) atoms. The van der Waals surface area contributed by atoms with Gasteiger partial charge in [-0.05, 0) is 89.3 Å². The molecule has 3 rings (SSSR count). The largest absolute Gasteiger partial charge is 0.456 e. The first kappa shape index (κ1) is 19.3. The van der Waals surface area contributed by atoms with Gasteiger partial charge < -0.3 is 4.74 Å². The van der Waals surface area contributed by atoms with Gasteiger partial charge in [0.15, 0.2) is 0 Å². The molecule has 0 saturated heterocycles. The number of sulfonamides is 1. The molecule has 0 radical (unpaired) electrons. The maximum Gasteiger partial charge on any atom is 0.261 e. The van der Waals surface area contributed by atoms with Crippen LogP contribution in [0, 0.1) is 3.57 Å². The predicted octanol–water partition coefficient (Wildman–Crippen LogP) is 6.19. The highest BCUT2D eigenvalue weighted by atomic mass is 127. The smallest absolute Gasteiger partial charge is 0.261 e. The molecule has 1 N–H and O–H groups in total. The van der Waals surface area contributed by atoms with Crippen LogP contribution in [0.2, 0.25) is 10.0 Å². The molecular weight excluding hydrogens is 508 g/mol. The van der Waals surface area contributed by atoms with E-state index < -0.39 is 10.0 Å². The molecule has 0 aliphatic carbocycles. The summed E-state index contributed by atoms with van der Waals surface area (Å²) in [5.74, 6) is 0.981. The highest BCUT2D eigenvalue weighted by Crippen LogP contribution is 2.32. The summed E-state index contributed by atoms with van der Waals surface area (Å²) in [6.45, 7) is 0. The van der Waals surface area contributed by atoms with Gasteiger partial charge in [-0.1, -0.05) is 23.2 Å². The fraction of sp³-hybridized carbons (Fsp3) is 0. The van der Waals surface area contributed by atoms with Gasteiger partial charge in [0, 0.05) is 14.3 Å². The van der Waals surface area contributed by atoms with Crippen molar-refractivity contribution in [2.45, 2.75) is 4.90 Å². The Morgan fingerprint density at radius 1 is 0.885 bits per heavy atom. The molecule has 0 amide bonds. The van der Waals surface area contributed by atoms with Crippen molar-refractivity contribution in [3.63, 3.8) is 0 Å². The highest BCUT2D eigenvalue weighted by molar-refractivity contribution is 14.1. The van der Waals surface area contributed by atoms with Crippen LogP contribution in [-0.2, 0) is 10.0 Å². The van der Waals surface area contributed by atoms with Crippen LogP contribution in [0.1, 0.15) is 0 Å². The summed E-state index contributed by atoms with van der Waals surface area (Å²) in [6.07, 6.45) is 0. The minimum atomic E-state index is -3.64. The molecular formula is C18H12Cl2INO3S. The summed E-state index contributed by atoms with van der Waals surface area (Å²) in [5, 5.41) is 0.906. The van der Waals surface area contributed by atoms with Gasteiger partial charge in [0.25, 0.3) is 10.0 Å². The van der Waals surface area contributed by atoms with Crippen molar-refractivity contribution >= 4 is 61.5 Å². The molecule has 0 unspecified atom stereocenters. The number of ether oxygens (including phenoxy) is 1. The highest BCUT2D eigenvalue weighted by Gasteiger charge is 2.14. The fourth-order valence-electron chi connectivity index (χ4n) is 2.10. The maximum absolute atomic E-state index is 12.4. The minimum Gasteiger partial charge on any atom is -0.456 e. The van der Waals surface area contributed by atoms with Gasteiger partial charge in [-0.25, -0.2) is 8.42 Å². The van der Waals surface area contributed by atoms with Crippen LogP contribution in [0.3, 0.4) is 0 Å². The number of hydrogen-bond acceptors (Lipinski definition) is 3. The van der Waals surface area contributed by atoms with Crippen molar-refractivity contribution in [3.8, 4) is 11.5 Å². The molecule has 0 aliphatic heterocycles. The second-order valence-electron chi connectivity index (χ2n) is 5.26. The summed E-state index contributed by atoms with van der Waals surface area (Å²) < 4.78 is 34.0. The van der Waals surface area contributed by atoms with E-state index in [0.29, 0.717) is 27.2 Å². The van der Waals surface area contributed by atoms with E-state index in [1.807, 2.05) is 0 Å². The van der Waals surface area contributed by atoms with Gasteiger partial charge >= 0.3 is 0 Å². The molecule has 0 aromatic heterocycles. The lowest BCUT2D eigenvalue weighted by Crippen LogP contribution is -2.12. The third-order valence-electron chi connectivity index (χ3n) is 3.35. The van der Waals surface area contributed by atoms with E-state index in [0.717, 1.165) is 3.57 Å². The van der Waals surface area contributed by atoms with Crippen LogP contribution >= 0.6 is 45.8 Å². The van der Waals surface area contributed by atoms with Gasteiger partial charge in [-0.15, -0.1) is 0 Å². The molecule has 3 aromatic rings. The second kappa shape index (κ2) is 8.04. The zero-order valence-electron chi connectivity index (χ0n) is 13.1. The molecule has 0 aliphatic rings. The fourth-order valence-corrected chi connectivity index (χ4v) is 3.97. The first-order chi connectivity index (χ1) is 12.3. The summed E-state index contributed by atoms with van der Waals surface area (Å²) >= 11 is 14.0. The lowest BCUT2D eigenvalue weighted by molar-refractivity contribution is 0.483. The van der Waals surface area contributed by atoms with Crippen molar-refractivity contribution in [2.24, 2.45) is 0 Å². The third-order valence-corrected chi connectivity index (χ3v) is 6.00. The average molecular weight is 520 g/mol. The third kappa shape index (κ3) is 4.82. The van der Waals surface area contributed by atoms with Crippen molar-refractivity contribution in [2.75, 3.05) is 4.72 Å². The molecule has 0 heterocycles. The topological polar surface area (TPSA) is 55.4 Å². The average Bonchev–Trinajstić information content (AvgIpc) is 2.59. The Hall–Kier alpha value is -1.48. The van der Waals surface area contributed by atoms with Gasteiger partial charge in [0.05, 0.1) is 9.92 Å². The van der Waals surface area contributed by atoms with E-state index in [9.17, 15) is 8.42 Å². The van der Waals surface area contributed by atoms with E-state index in [1.54, 1.807) is 66.7 Å². The zero-order chi connectivity index (χ0) is 18.7. The predicted molar refractivity (Wildman–Crippen MR) is 113 cm³/mol. The van der Waals surface area contributed by atoms with Crippen molar-refractivity contribution < 1.29 is 13.2 Å². The van der Waals surface area contributed by atoms with E-state index in [1.165, 1.54) is 0 Å². The summed E-state index contributed by atoms with van der Waals surface area (Å²) in [6, 6.07) is 18.0. The number of rotatable bonds is 5. The van der Waals surface area contributed by atoms with Crippen molar-refractivity contribution in [1.29, 1.82) is 0 Å². The Bertz CT molecular complexity index is 1020. The molecule has 4 nitrogen and oxygen atoms in total. The Balaban J connectivity index is 1.74. The Morgan fingerprint density at radius 2 is 1.54 bits per heavy atom. The van der Waals surface area contributed by atoms with Gasteiger partial charge in [-0.2, -0.15) is 0 Å². The summed E-state index contributed by atoms with van der Waals surface area (Å²) in [4.78, 5) is 0.200. The summed E-state index contributed by atoms with van der Waals surface area (Å²) in [5.41, 5.74) is 0.429. The van der Waals surface area contributed by atoms with Gasteiger partial charge in [0.2, 0.25) is 0 Å². The van der Waals surface area contributed by atoms with Crippen LogP contribution in [-0.4, -0.2) is 8.42 Å². The van der Waals surface area contributed by atoms with Gasteiger partial charge in [-0.3, -0.25) is 4.72 Å². The Labute approximate surface area is 175 Å². The van der Waals surface area contributed by atoms with Crippen LogP contribution < -0.4 is 9.46 Å². The quantitative estimate of drug-likeness (QED) is 0.409. The molecule has 3 aromatic carbocycles. The van der Waals surface area contributed by atoms with E-state index in [4.69, 9.17) is 27.9 Å². The van der Waals surface area contributed by atoms with Crippen molar-refractivity contribution in [3.05, 3.63) is 80.3 Å².